The van der Waals surface area contributed by atoms with Crippen LogP contribution in [0.1, 0.15) is 15.9 Å². The van der Waals surface area contributed by atoms with Crippen molar-refractivity contribution in [3.8, 4) is 5.75 Å². The summed E-state index contributed by atoms with van der Waals surface area (Å²) in [6, 6.07) is 4.33. The van der Waals surface area contributed by atoms with Gasteiger partial charge in [-0.25, -0.2) is 4.79 Å². The Morgan fingerprint density at radius 1 is 1.50 bits per heavy atom. The molecule has 1 aromatic carbocycles. The van der Waals surface area contributed by atoms with Gasteiger partial charge >= 0.3 is 5.97 Å². The number of hydrogen-bond donors (Lipinski definition) is 3. The topological polar surface area (TPSA) is 108 Å². The number of benzene rings is 1. The van der Waals surface area contributed by atoms with Gasteiger partial charge in [0, 0.05) is 22.1 Å². The van der Waals surface area contributed by atoms with Crippen LogP contribution in [-0.2, 0) is 16.5 Å². The second-order valence-electron chi connectivity index (χ2n) is 2.94. The third-order valence-corrected chi connectivity index (χ3v) is 2.36. The molecule has 18 heavy (non-hydrogen) atoms. The van der Waals surface area contributed by atoms with Crippen molar-refractivity contribution >= 4 is 29.1 Å². The van der Waals surface area contributed by atoms with Gasteiger partial charge in [-0.15, -0.1) is 5.10 Å². The Bertz CT molecular complexity index is 491. The van der Waals surface area contributed by atoms with Gasteiger partial charge < -0.3 is 15.9 Å². The summed E-state index contributed by atoms with van der Waals surface area (Å²) in [6.07, 6.45) is 2.99. The number of rotatable bonds is 3. The van der Waals surface area contributed by atoms with E-state index < -0.39 is 5.97 Å². The Kier molecular flexibility index (Phi) is 7.08. The number of carboxylic acids is 1. The Balaban J connectivity index is 0.00000289. The maximum Gasteiger partial charge on any atom is 0.339 e. The number of amidine groups is 1. The minimum Gasteiger partial charge on any atom is -0.506 e. The van der Waals surface area contributed by atoms with Crippen molar-refractivity contribution in [2.24, 2.45) is 15.9 Å². The van der Waals surface area contributed by atoms with Crippen LogP contribution in [0.3, 0.4) is 0 Å². The van der Waals surface area contributed by atoms with E-state index in [0.29, 0.717) is 0 Å². The zero-order chi connectivity index (χ0) is 12.8. The van der Waals surface area contributed by atoms with Crippen LogP contribution in [0.5, 0.6) is 5.75 Å². The molecule has 0 spiro atoms. The van der Waals surface area contributed by atoms with E-state index in [9.17, 15) is 9.90 Å². The van der Waals surface area contributed by atoms with E-state index >= 15 is 0 Å². The molecule has 0 aliphatic heterocycles. The van der Waals surface area contributed by atoms with E-state index in [1.54, 1.807) is 6.26 Å². The van der Waals surface area contributed by atoms with E-state index in [2.05, 4.69) is 10.2 Å². The minimum absolute atomic E-state index is 0. The van der Waals surface area contributed by atoms with Crippen molar-refractivity contribution in [2.75, 3.05) is 6.26 Å². The number of aromatic carboxylic acids is 1. The van der Waals surface area contributed by atoms with Crippen molar-refractivity contribution in [2.45, 2.75) is 0 Å². The van der Waals surface area contributed by atoms with Crippen molar-refractivity contribution in [1.82, 2.24) is 0 Å². The normalized spacial score (nSPS) is 11.3. The molecule has 0 radical (unpaired) electrons. The van der Waals surface area contributed by atoms with Crippen molar-refractivity contribution in [1.29, 1.82) is 0 Å². The molecule has 1 rings (SSSR count). The predicted octanol–water partition coefficient (Wildman–Crippen LogP) is 1.10. The molecule has 0 aliphatic rings. The number of hydrogen-bond acceptors (Lipinski definition) is 5. The van der Waals surface area contributed by atoms with Gasteiger partial charge in [0.1, 0.15) is 11.3 Å². The van der Waals surface area contributed by atoms with Gasteiger partial charge in [-0.2, -0.15) is 5.10 Å². The molecular weight excluding hydrogens is 301 g/mol. The van der Waals surface area contributed by atoms with Crippen LogP contribution in [0, 0.1) is 0 Å². The number of thioether (sulfide) groups is 1. The second kappa shape index (κ2) is 7.73. The summed E-state index contributed by atoms with van der Waals surface area (Å²) in [5.41, 5.74) is 5.48. The first-order valence-electron chi connectivity index (χ1n) is 4.52. The van der Waals surface area contributed by atoms with Crippen LogP contribution in [0.25, 0.3) is 0 Å². The predicted molar refractivity (Wildman–Crippen MR) is 67.8 cm³/mol. The minimum atomic E-state index is -1.20. The molecule has 0 fully saturated rings. The summed E-state index contributed by atoms with van der Waals surface area (Å²) >= 11 is 1.23. The van der Waals surface area contributed by atoms with Gasteiger partial charge in [0.15, 0.2) is 5.17 Å². The number of phenols is 1. The number of nitrogens with zero attached hydrogens (tertiary/aromatic N) is 2. The number of aromatic hydroxyl groups is 1. The fourth-order valence-corrected chi connectivity index (χ4v) is 1.16. The molecule has 100 valence electrons. The monoisotopic (exact) mass is 311 g/mol. The molecule has 1 aromatic rings. The van der Waals surface area contributed by atoms with Gasteiger partial charge in [0.05, 0.1) is 6.21 Å². The second-order valence-corrected chi connectivity index (χ2v) is 3.76. The van der Waals surface area contributed by atoms with Crippen molar-refractivity contribution in [3.05, 3.63) is 29.3 Å². The largest absolute Gasteiger partial charge is 0.506 e. The number of nitrogens with two attached hydrogens (primary N) is 1. The number of para-hydroxylation sites is 1. The van der Waals surface area contributed by atoms with Gasteiger partial charge in [-0.3, -0.25) is 0 Å². The molecule has 0 heterocycles. The third kappa shape index (κ3) is 4.39. The maximum absolute atomic E-state index is 10.7. The average molecular weight is 312 g/mol. The average Bonchev–Trinajstić information content (AvgIpc) is 2.30. The Labute approximate surface area is 118 Å². The summed E-state index contributed by atoms with van der Waals surface area (Å²) < 4.78 is 0. The van der Waals surface area contributed by atoms with Crippen LogP contribution < -0.4 is 5.73 Å². The Morgan fingerprint density at radius 2 is 2.17 bits per heavy atom. The van der Waals surface area contributed by atoms with Crippen LogP contribution >= 0.6 is 11.8 Å². The molecule has 0 atom stereocenters. The molecule has 0 bridgehead atoms. The summed E-state index contributed by atoms with van der Waals surface area (Å²) in [7, 11) is 0. The van der Waals surface area contributed by atoms with Crippen LogP contribution in [0.4, 0.5) is 0 Å². The summed E-state index contributed by atoms with van der Waals surface area (Å²) in [6.45, 7) is 0. The summed E-state index contributed by atoms with van der Waals surface area (Å²) in [5.74, 6) is -1.55. The summed E-state index contributed by atoms with van der Waals surface area (Å²) in [4.78, 5) is 10.7. The molecule has 0 saturated carbocycles. The zero-order valence-electron chi connectivity index (χ0n) is 9.31. The molecule has 8 heteroatoms. The van der Waals surface area contributed by atoms with Gasteiger partial charge in [0.25, 0.3) is 0 Å². The van der Waals surface area contributed by atoms with Gasteiger partial charge in [-0.05, 0) is 18.4 Å². The van der Waals surface area contributed by atoms with Crippen molar-refractivity contribution in [3.63, 3.8) is 0 Å². The third-order valence-electron chi connectivity index (χ3n) is 1.86. The quantitative estimate of drug-likeness (QED) is 0.335. The number of carbonyl (C=O) groups is 1. The van der Waals surface area contributed by atoms with E-state index in [4.69, 9.17) is 10.8 Å². The fourth-order valence-electron chi connectivity index (χ4n) is 1.03. The van der Waals surface area contributed by atoms with E-state index in [1.807, 2.05) is 0 Å². The first-order chi connectivity index (χ1) is 8.06. The molecular formula is C10H11N3NiO3S. The van der Waals surface area contributed by atoms with E-state index in [0.717, 1.165) is 0 Å². The molecule has 6 nitrogen and oxygen atoms in total. The molecule has 0 aliphatic carbocycles. The van der Waals surface area contributed by atoms with Gasteiger partial charge in [-0.1, -0.05) is 17.8 Å². The smallest absolute Gasteiger partial charge is 0.339 e. The maximum atomic E-state index is 10.7. The van der Waals surface area contributed by atoms with Crippen LogP contribution in [-0.4, -0.2) is 33.8 Å². The first-order valence-corrected chi connectivity index (χ1v) is 5.74. The molecule has 0 aromatic heterocycles. The molecule has 0 amide bonds. The Hall–Kier alpha value is -1.53. The molecule has 0 saturated heterocycles. The number of carboxylic acid groups (broad SMARTS) is 1. The zero-order valence-corrected chi connectivity index (χ0v) is 11.1. The standard InChI is InChI=1S/C10H11N3O3S.Ni/c1-17-10(11)13-12-5-6-3-2-4-7(8(6)14)9(15)16;/h2-5,14H,1H3,(H2,11,13)(H,15,16);/b12-5+;. The first kappa shape index (κ1) is 16.5. The summed E-state index contributed by atoms with van der Waals surface area (Å²) in [5, 5.41) is 25.9. The SMILES string of the molecule is CSC(N)=N/N=C/c1cccc(C(=O)O)c1O.[Ni]. The van der Waals surface area contributed by atoms with E-state index in [-0.39, 0.29) is 38.5 Å². The molecule has 4 N–H and O–H groups in total. The van der Waals surface area contributed by atoms with Crippen LogP contribution in [0.15, 0.2) is 28.4 Å². The fraction of sp³-hybridized carbons (Fsp3) is 0.100. The van der Waals surface area contributed by atoms with E-state index in [1.165, 1.54) is 36.2 Å². The van der Waals surface area contributed by atoms with Gasteiger partial charge in [0.2, 0.25) is 0 Å². The van der Waals surface area contributed by atoms with Crippen molar-refractivity contribution < 1.29 is 31.5 Å². The molecule has 0 unspecified atom stereocenters. The van der Waals surface area contributed by atoms with Crippen LogP contribution in [0.2, 0.25) is 0 Å². The Morgan fingerprint density at radius 3 is 2.72 bits per heavy atom.